The van der Waals surface area contributed by atoms with Crippen LogP contribution < -0.4 is 10.0 Å². The first-order valence-electron chi connectivity index (χ1n) is 5.30. The van der Waals surface area contributed by atoms with Crippen molar-refractivity contribution in [3.8, 4) is 0 Å². The van der Waals surface area contributed by atoms with Crippen molar-refractivity contribution in [3.63, 3.8) is 0 Å². The molecule has 0 aromatic heterocycles. The summed E-state index contributed by atoms with van der Waals surface area (Å²) in [6.45, 7) is 5.97. The molecule has 0 fully saturated rings. The first-order chi connectivity index (χ1) is 6.62. The van der Waals surface area contributed by atoms with Gasteiger partial charge in [0, 0.05) is 13.1 Å². The zero-order valence-electron chi connectivity index (χ0n) is 9.17. The van der Waals surface area contributed by atoms with E-state index < -0.39 is 10.0 Å². The Labute approximate surface area is 87.5 Å². The van der Waals surface area contributed by atoms with E-state index in [-0.39, 0.29) is 5.75 Å². The van der Waals surface area contributed by atoms with Crippen LogP contribution in [0.25, 0.3) is 0 Å². The molecule has 14 heavy (non-hydrogen) atoms. The van der Waals surface area contributed by atoms with Gasteiger partial charge in [-0.2, -0.15) is 0 Å². The predicted octanol–water partition coefficient (Wildman–Crippen LogP) is 0.706. The molecule has 0 bridgehead atoms. The zero-order chi connectivity index (χ0) is 10.9. The summed E-state index contributed by atoms with van der Waals surface area (Å²) < 4.78 is 25.2. The van der Waals surface area contributed by atoms with E-state index >= 15 is 0 Å². The molecule has 0 aromatic rings. The van der Waals surface area contributed by atoms with E-state index in [1.807, 2.05) is 6.92 Å². The molecule has 0 rings (SSSR count). The molecule has 0 saturated heterocycles. The molecule has 0 aromatic carbocycles. The van der Waals surface area contributed by atoms with E-state index in [1.54, 1.807) is 0 Å². The van der Waals surface area contributed by atoms with Gasteiger partial charge in [0.05, 0.1) is 5.75 Å². The summed E-state index contributed by atoms with van der Waals surface area (Å²) in [6, 6.07) is 0. The maximum Gasteiger partial charge on any atom is 0.212 e. The lowest BCUT2D eigenvalue weighted by Gasteiger charge is -2.06. The normalized spacial score (nSPS) is 11.9. The number of rotatable bonds is 9. The van der Waals surface area contributed by atoms with Crippen LogP contribution >= 0.6 is 0 Å². The second-order valence-electron chi connectivity index (χ2n) is 3.27. The Morgan fingerprint density at radius 1 is 1.07 bits per heavy atom. The first-order valence-corrected chi connectivity index (χ1v) is 6.95. The molecule has 2 N–H and O–H groups in total. The molecule has 0 aliphatic carbocycles. The molecule has 0 atom stereocenters. The Bertz CT molecular complexity index is 215. The van der Waals surface area contributed by atoms with E-state index in [1.165, 1.54) is 0 Å². The quantitative estimate of drug-likeness (QED) is 0.565. The van der Waals surface area contributed by atoms with Crippen molar-refractivity contribution in [2.75, 3.05) is 25.4 Å². The average Bonchev–Trinajstić information content (AvgIpc) is 2.13. The van der Waals surface area contributed by atoms with Crippen LogP contribution in [0.1, 0.15) is 33.1 Å². The Kier molecular flexibility index (Phi) is 8.12. The fraction of sp³-hybridized carbons (Fsp3) is 1.00. The topological polar surface area (TPSA) is 58.2 Å². The Morgan fingerprint density at radius 3 is 2.36 bits per heavy atom. The highest BCUT2D eigenvalue weighted by molar-refractivity contribution is 7.89. The van der Waals surface area contributed by atoms with Gasteiger partial charge in [-0.25, -0.2) is 13.1 Å². The van der Waals surface area contributed by atoms with Crippen molar-refractivity contribution in [1.82, 2.24) is 10.0 Å². The molecule has 0 spiro atoms. The van der Waals surface area contributed by atoms with Crippen LogP contribution in [-0.4, -0.2) is 33.8 Å². The molecule has 0 saturated carbocycles. The van der Waals surface area contributed by atoms with Gasteiger partial charge in [-0.15, -0.1) is 0 Å². The van der Waals surface area contributed by atoms with Crippen molar-refractivity contribution in [2.45, 2.75) is 33.1 Å². The minimum absolute atomic E-state index is 0.174. The third-order valence-electron chi connectivity index (χ3n) is 1.90. The predicted molar refractivity (Wildman–Crippen MR) is 59.9 cm³/mol. The Balaban J connectivity index is 3.52. The number of hydrogen-bond donors (Lipinski definition) is 2. The summed E-state index contributed by atoms with van der Waals surface area (Å²) in [7, 11) is -3.05. The highest BCUT2D eigenvalue weighted by Crippen LogP contribution is 1.92. The number of unbranched alkanes of at least 4 members (excludes halogenated alkanes) is 2. The lowest BCUT2D eigenvalue weighted by atomic mass is 10.3. The van der Waals surface area contributed by atoms with Crippen LogP contribution in [0, 0.1) is 0 Å². The van der Waals surface area contributed by atoms with Crippen molar-refractivity contribution in [2.24, 2.45) is 0 Å². The van der Waals surface area contributed by atoms with E-state index in [2.05, 4.69) is 17.0 Å². The van der Waals surface area contributed by atoms with E-state index in [0.717, 1.165) is 25.8 Å². The van der Waals surface area contributed by atoms with Gasteiger partial charge in [0.15, 0.2) is 0 Å². The lowest BCUT2D eigenvalue weighted by Crippen LogP contribution is -2.32. The van der Waals surface area contributed by atoms with Gasteiger partial charge in [-0.3, -0.25) is 0 Å². The van der Waals surface area contributed by atoms with Gasteiger partial charge >= 0.3 is 0 Å². The van der Waals surface area contributed by atoms with Crippen molar-refractivity contribution < 1.29 is 8.42 Å². The molecule has 4 nitrogen and oxygen atoms in total. The van der Waals surface area contributed by atoms with Crippen LogP contribution in [0.5, 0.6) is 0 Å². The standard InChI is InChI=1S/C9H22N2O2S/c1-3-5-6-7-11-14(12,13)9-8-10-4-2/h10-11H,3-9H2,1-2H3. The van der Waals surface area contributed by atoms with Gasteiger partial charge < -0.3 is 5.32 Å². The Hall–Kier alpha value is -0.130. The van der Waals surface area contributed by atoms with Crippen molar-refractivity contribution in [1.29, 1.82) is 0 Å². The number of sulfonamides is 1. The molecule has 86 valence electrons. The van der Waals surface area contributed by atoms with Crippen LogP contribution in [-0.2, 0) is 10.0 Å². The fourth-order valence-electron chi connectivity index (χ4n) is 1.06. The molecule has 0 radical (unpaired) electrons. The first kappa shape index (κ1) is 13.9. The second-order valence-corrected chi connectivity index (χ2v) is 5.20. The molecule has 0 unspecified atom stereocenters. The van der Waals surface area contributed by atoms with Crippen molar-refractivity contribution >= 4 is 10.0 Å². The zero-order valence-corrected chi connectivity index (χ0v) is 9.99. The SMILES string of the molecule is CCCCCNS(=O)(=O)CCNCC. The minimum Gasteiger partial charge on any atom is -0.316 e. The smallest absolute Gasteiger partial charge is 0.212 e. The average molecular weight is 222 g/mol. The van der Waals surface area contributed by atoms with E-state index in [9.17, 15) is 8.42 Å². The largest absolute Gasteiger partial charge is 0.316 e. The maximum absolute atomic E-state index is 11.3. The van der Waals surface area contributed by atoms with Crippen molar-refractivity contribution in [3.05, 3.63) is 0 Å². The highest BCUT2D eigenvalue weighted by atomic mass is 32.2. The van der Waals surface area contributed by atoms with E-state index in [4.69, 9.17) is 0 Å². The minimum atomic E-state index is -3.05. The third kappa shape index (κ3) is 8.47. The molecule has 0 amide bonds. The maximum atomic E-state index is 11.3. The molecule has 0 heterocycles. The Morgan fingerprint density at radius 2 is 1.79 bits per heavy atom. The summed E-state index contributed by atoms with van der Waals surface area (Å²) in [4.78, 5) is 0. The fourth-order valence-corrected chi connectivity index (χ4v) is 2.07. The van der Waals surface area contributed by atoms with Crippen LogP contribution in [0.2, 0.25) is 0 Å². The number of nitrogens with one attached hydrogen (secondary N) is 2. The summed E-state index contributed by atoms with van der Waals surface area (Å²) >= 11 is 0. The lowest BCUT2D eigenvalue weighted by molar-refractivity contribution is 0.572. The summed E-state index contributed by atoms with van der Waals surface area (Å²) in [5.41, 5.74) is 0. The molecule has 0 aliphatic rings. The van der Waals surface area contributed by atoms with Gasteiger partial charge in [-0.05, 0) is 13.0 Å². The van der Waals surface area contributed by atoms with Crippen LogP contribution in [0.3, 0.4) is 0 Å². The highest BCUT2D eigenvalue weighted by Gasteiger charge is 2.07. The monoisotopic (exact) mass is 222 g/mol. The van der Waals surface area contributed by atoms with Gasteiger partial charge in [0.1, 0.15) is 0 Å². The van der Waals surface area contributed by atoms with Crippen LogP contribution in [0.4, 0.5) is 0 Å². The third-order valence-corrected chi connectivity index (χ3v) is 3.29. The van der Waals surface area contributed by atoms with Gasteiger partial charge in [0.25, 0.3) is 0 Å². The second kappa shape index (κ2) is 8.20. The van der Waals surface area contributed by atoms with Gasteiger partial charge in [-0.1, -0.05) is 26.7 Å². The van der Waals surface area contributed by atoms with Gasteiger partial charge in [0.2, 0.25) is 10.0 Å². The summed E-state index contributed by atoms with van der Waals surface area (Å²) in [5, 5.41) is 2.99. The molecule has 5 heteroatoms. The number of hydrogen-bond acceptors (Lipinski definition) is 3. The summed E-state index contributed by atoms with van der Waals surface area (Å²) in [5.74, 6) is 0.174. The molecular weight excluding hydrogens is 200 g/mol. The van der Waals surface area contributed by atoms with Crippen LogP contribution in [0.15, 0.2) is 0 Å². The molecule has 0 aliphatic heterocycles. The molecular formula is C9H22N2O2S. The summed E-state index contributed by atoms with van der Waals surface area (Å²) in [6.07, 6.45) is 3.12. The van der Waals surface area contributed by atoms with E-state index in [0.29, 0.717) is 13.1 Å².